The van der Waals surface area contributed by atoms with E-state index in [0.717, 1.165) is 16.8 Å². The van der Waals surface area contributed by atoms with Crippen LogP contribution < -0.4 is 19.5 Å². The van der Waals surface area contributed by atoms with Crippen molar-refractivity contribution in [3.63, 3.8) is 0 Å². The van der Waals surface area contributed by atoms with Gasteiger partial charge in [0.2, 0.25) is 12.7 Å². The Morgan fingerprint density at radius 2 is 1.70 bits per heavy atom. The molecule has 2 aliphatic heterocycles. The number of benzene rings is 3. The average Bonchev–Trinajstić information content (AvgIpc) is 3.60. The van der Waals surface area contributed by atoms with E-state index in [0.29, 0.717) is 47.5 Å². The molecular formula is C34H38ClFN2O6. The number of carboxylic acids is 1. The second-order valence-corrected chi connectivity index (χ2v) is 12.1. The molecule has 0 bridgehead atoms. The minimum atomic E-state index is -1.08. The summed E-state index contributed by atoms with van der Waals surface area (Å²) in [5, 5.41) is 14.2. The number of carboxylic acid groups (broad SMARTS) is 1. The monoisotopic (exact) mass is 624 g/mol. The minimum absolute atomic E-state index is 0.0321. The molecule has 1 fully saturated rings. The number of hydrogen-bond donors (Lipinski definition) is 2. The van der Waals surface area contributed by atoms with Gasteiger partial charge in [0.1, 0.15) is 11.6 Å². The lowest BCUT2D eigenvalue weighted by Crippen LogP contribution is -2.35. The maximum Gasteiger partial charge on any atom is 0.309 e. The van der Waals surface area contributed by atoms with Crippen LogP contribution in [-0.2, 0) is 22.4 Å². The van der Waals surface area contributed by atoms with Gasteiger partial charge in [0.05, 0.1) is 19.1 Å². The topological polar surface area (TPSA) is 97.3 Å². The summed E-state index contributed by atoms with van der Waals surface area (Å²) < 4.78 is 32.1. The number of halogens is 2. The number of anilines is 1. The Morgan fingerprint density at radius 3 is 2.30 bits per heavy atom. The second-order valence-electron chi connectivity index (χ2n) is 11.7. The average molecular weight is 625 g/mol. The normalized spacial score (nSPS) is 19.4. The number of likely N-dealkylation sites (tertiary alicyclic amines) is 1. The van der Waals surface area contributed by atoms with Gasteiger partial charge in [0.25, 0.3) is 0 Å². The van der Waals surface area contributed by atoms with Gasteiger partial charge in [0, 0.05) is 35.3 Å². The number of nitrogens with one attached hydrogen (secondary N) is 1. The zero-order valence-electron chi connectivity index (χ0n) is 25.4. The molecule has 1 amide bonds. The highest BCUT2D eigenvalue weighted by atomic mass is 35.5. The summed E-state index contributed by atoms with van der Waals surface area (Å²) in [7, 11) is 0. The summed E-state index contributed by atoms with van der Waals surface area (Å²) in [5.74, 6) is -2.11. The number of aryl methyl sites for hydroxylation is 2. The molecule has 0 spiro atoms. The van der Waals surface area contributed by atoms with Crippen molar-refractivity contribution in [2.24, 2.45) is 11.8 Å². The molecular weight excluding hydrogens is 587 g/mol. The lowest BCUT2D eigenvalue weighted by molar-refractivity contribution is -0.143. The van der Waals surface area contributed by atoms with Crippen molar-refractivity contribution < 1.29 is 33.3 Å². The Balaban J connectivity index is 1.50. The summed E-state index contributed by atoms with van der Waals surface area (Å²) in [6.07, 6.45) is 1.35. The largest absolute Gasteiger partial charge is 0.493 e. The van der Waals surface area contributed by atoms with Crippen molar-refractivity contribution in [2.75, 3.05) is 31.8 Å². The molecule has 44 heavy (non-hydrogen) atoms. The van der Waals surface area contributed by atoms with E-state index in [1.54, 1.807) is 12.1 Å². The zero-order valence-corrected chi connectivity index (χ0v) is 26.1. The zero-order chi connectivity index (χ0) is 31.5. The molecule has 10 heteroatoms. The molecule has 1 saturated heterocycles. The van der Waals surface area contributed by atoms with E-state index in [9.17, 15) is 14.7 Å². The third-order valence-corrected chi connectivity index (χ3v) is 8.44. The molecule has 234 valence electrons. The molecule has 0 aromatic heterocycles. The summed E-state index contributed by atoms with van der Waals surface area (Å²) in [6, 6.07) is 13.0. The van der Waals surface area contributed by atoms with Crippen LogP contribution >= 0.6 is 11.6 Å². The third-order valence-electron chi connectivity index (χ3n) is 8.22. The van der Waals surface area contributed by atoms with Gasteiger partial charge in [0.15, 0.2) is 11.5 Å². The minimum Gasteiger partial charge on any atom is -0.493 e. The molecule has 3 aromatic rings. The number of ether oxygens (including phenoxy) is 3. The van der Waals surface area contributed by atoms with Crippen molar-refractivity contribution >= 4 is 29.2 Å². The molecule has 1 unspecified atom stereocenters. The molecule has 0 aliphatic carbocycles. The lowest BCUT2D eigenvalue weighted by Gasteiger charge is -2.27. The summed E-state index contributed by atoms with van der Waals surface area (Å²) >= 11 is 6.32. The predicted molar refractivity (Wildman–Crippen MR) is 166 cm³/mol. The van der Waals surface area contributed by atoms with Crippen LogP contribution in [-0.4, -0.2) is 48.4 Å². The number of nitrogens with zero attached hydrogens (tertiary/aromatic N) is 1. The van der Waals surface area contributed by atoms with Gasteiger partial charge >= 0.3 is 5.97 Å². The smallest absolute Gasteiger partial charge is 0.309 e. The van der Waals surface area contributed by atoms with Gasteiger partial charge < -0.3 is 24.6 Å². The first-order valence-corrected chi connectivity index (χ1v) is 15.4. The highest BCUT2D eigenvalue weighted by Gasteiger charge is 2.49. The highest BCUT2D eigenvalue weighted by Crippen LogP contribution is 2.48. The molecule has 0 saturated carbocycles. The Hall–Kier alpha value is -3.82. The van der Waals surface area contributed by atoms with Crippen molar-refractivity contribution in [3.8, 4) is 17.2 Å². The van der Waals surface area contributed by atoms with Gasteiger partial charge in [-0.1, -0.05) is 51.4 Å². The maximum atomic E-state index is 15.5. The van der Waals surface area contributed by atoms with E-state index in [-0.39, 0.29) is 37.1 Å². The van der Waals surface area contributed by atoms with Crippen LogP contribution in [0.15, 0.2) is 48.5 Å². The van der Waals surface area contributed by atoms with E-state index < -0.39 is 29.7 Å². The number of rotatable bonds is 11. The predicted octanol–water partition coefficient (Wildman–Crippen LogP) is 6.85. The molecule has 2 aliphatic rings. The first-order valence-electron chi connectivity index (χ1n) is 15.0. The van der Waals surface area contributed by atoms with E-state index in [4.69, 9.17) is 25.8 Å². The van der Waals surface area contributed by atoms with E-state index in [1.165, 1.54) is 12.1 Å². The van der Waals surface area contributed by atoms with Crippen LogP contribution in [0.5, 0.6) is 17.2 Å². The third kappa shape index (κ3) is 6.64. The molecule has 5 rings (SSSR count). The van der Waals surface area contributed by atoms with Crippen LogP contribution in [0.25, 0.3) is 0 Å². The van der Waals surface area contributed by atoms with Crippen molar-refractivity contribution in [2.45, 2.75) is 52.5 Å². The Morgan fingerprint density at radius 1 is 1.07 bits per heavy atom. The van der Waals surface area contributed by atoms with Crippen LogP contribution in [0, 0.1) is 17.7 Å². The number of hydrogen-bond acceptors (Lipinski definition) is 6. The van der Waals surface area contributed by atoms with E-state index in [1.807, 2.05) is 43.0 Å². The molecule has 2 heterocycles. The number of carbonyl (C=O) groups excluding carboxylic acids is 1. The fourth-order valence-electron chi connectivity index (χ4n) is 6.15. The van der Waals surface area contributed by atoms with E-state index >= 15 is 4.39 Å². The number of fused-ring (bicyclic) bond motifs is 1. The van der Waals surface area contributed by atoms with Gasteiger partial charge in [-0.05, 0) is 71.3 Å². The Bertz CT molecular complexity index is 1500. The quantitative estimate of drug-likeness (QED) is 0.241. The standard InChI is InChI=1S/C34H38ClFN2O6/c1-5-20-11-23(35)12-21(6-2)32(20)37-30(39)16-38-15-26(25-13-28-29(14-27(25)36)44-18-43-28)31(34(40)41)33(38)22-7-9-24(10-8-22)42-17-19(3)4/h7-14,19,26,31,33H,5-6,15-18H2,1-4H3,(H,37,39)(H,40,41)/t26-,31?,33+/m1/s1. The fourth-order valence-corrected chi connectivity index (χ4v) is 6.42. The Labute approximate surface area is 262 Å². The number of amides is 1. The molecule has 3 aromatic carbocycles. The van der Waals surface area contributed by atoms with Crippen LogP contribution in [0.4, 0.5) is 10.1 Å². The molecule has 3 atom stereocenters. The SMILES string of the molecule is CCc1cc(Cl)cc(CC)c1NC(=O)CN1C[C@H](c2cc3c(cc2F)OCO3)C(C(=O)O)[C@@H]1c1ccc(OCC(C)C)cc1. The summed E-state index contributed by atoms with van der Waals surface area (Å²) in [4.78, 5) is 28.4. The summed E-state index contributed by atoms with van der Waals surface area (Å²) in [5.41, 5.74) is 3.47. The van der Waals surface area contributed by atoms with Gasteiger partial charge in [-0.2, -0.15) is 0 Å². The van der Waals surface area contributed by atoms with Crippen LogP contribution in [0.2, 0.25) is 5.02 Å². The lowest BCUT2D eigenvalue weighted by atomic mass is 9.82. The second kappa shape index (κ2) is 13.4. The number of carbonyl (C=O) groups is 2. The maximum absolute atomic E-state index is 15.5. The number of aliphatic carboxylic acids is 1. The van der Waals surface area contributed by atoms with Crippen LogP contribution in [0.3, 0.4) is 0 Å². The molecule has 2 N–H and O–H groups in total. The fraction of sp³-hybridized carbons (Fsp3) is 0.412. The van der Waals surface area contributed by atoms with Crippen LogP contribution in [0.1, 0.15) is 61.9 Å². The van der Waals surface area contributed by atoms with E-state index in [2.05, 4.69) is 19.2 Å². The molecule has 0 radical (unpaired) electrons. The first-order chi connectivity index (χ1) is 21.1. The van der Waals surface area contributed by atoms with Crippen molar-refractivity contribution in [3.05, 3.63) is 81.6 Å². The summed E-state index contributed by atoms with van der Waals surface area (Å²) in [6.45, 7) is 8.65. The van der Waals surface area contributed by atoms with Gasteiger partial charge in [-0.15, -0.1) is 0 Å². The first kappa shape index (κ1) is 31.6. The van der Waals surface area contributed by atoms with Crippen molar-refractivity contribution in [1.29, 1.82) is 0 Å². The molecule has 8 nitrogen and oxygen atoms in total. The van der Waals surface area contributed by atoms with Gasteiger partial charge in [-0.25, -0.2) is 4.39 Å². The Kier molecular flexibility index (Phi) is 9.65. The highest BCUT2D eigenvalue weighted by molar-refractivity contribution is 6.30. The van der Waals surface area contributed by atoms with Crippen molar-refractivity contribution in [1.82, 2.24) is 4.90 Å². The van der Waals surface area contributed by atoms with Gasteiger partial charge in [-0.3, -0.25) is 14.5 Å².